The van der Waals surface area contributed by atoms with Crippen molar-refractivity contribution in [3.05, 3.63) is 83.7 Å². The Labute approximate surface area is 191 Å². The largest absolute Gasteiger partial charge is 0.388 e. The number of nitrogens with one attached hydrogen (secondary N) is 1. The van der Waals surface area contributed by atoms with E-state index in [0.29, 0.717) is 5.92 Å². The molecular weight excluding hydrogens is 362 g/mol. The minimum Gasteiger partial charge on any atom is -0.388 e. The van der Waals surface area contributed by atoms with Crippen LogP contribution in [0.1, 0.15) is 89.0 Å². The molecule has 1 N–H and O–H groups in total. The van der Waals surface area contributed by atoms with Crippen LogP contribution in [0.5, 0.6) is 0 Å². The van der Waals surface area contributed by atoms with E-state index in [9.17, 15) is 0 Å². The van der Waals surface area contributed by atoms with Crippen LogP contribution in [0.15, 0.2) is 83.7 Å². The van der Waals surface area contributed by atoms with Crippen LogP contribution >= 0.6 is 0 Å². The van der Waals surface area contributed by atoms with Gasteiger partial charge in [-0.25, -0.2) is 0 Å². The highest BCUT2D eigenvalue weighted by molar-refractivity contribution is 5.39. The van der Waals surface area contributed by atoms with E-state index in [-0.39, 0.29) is 0 Å². The number of hydrogen-bond acceptors (Lipinski definition) is 1. The van der Waals surface area contributed by atoms with Gasteiger partial charge in [0, 0.05) is 12.7 Å². The molecule has 0 aliphatic rings. The van der Waals surface area contributed by atoms with Gasteiger partial charge in [-0.1, -0.05) is 116 Å². The zero-order chi connectivity index (χ0) is 24.5. The quantitative estimate of drug-likeness (QED) is 0.369. The normalized spacial score (nSPS) is 13.1. The van der Waals surface area contributed by atoms with E-state index in [2.05, 4.69) is 83.5 Å². The van der Waals surface area contributed by atoms with E-state index in [0.717, 1.165) is 12.0 Å². The topological polar surface area (TPSA) is 12.0 Å². The van der Waals surface area contributed by atoms with Crippen LogP contribution in [0.25, 0.3) is 0 Å². The van der Waals surface area contributed by atoms with Gasteiger partial charge in [0.25, 0.3) is 0 Å². The van der Waals surface area contributed by atoms with Crippen molar-refractivity contribution in [2.45, 2.75) is 89.0 Å². The molecule has 0 amide bonds. The number of allylic oxidation sites excluding steroid dienone is 11. The van der Waals surface area contributed by atoms with Crippen molar-refractivity contribution < 1.29 is 0 Å². The molecule has 0 heterocycles. The Morgan fingerprint density at radius 2 is 1.50 bits per heavy atom. The smallest absolute Gasteiger partial charge is 0.0291 e. The van der Waals surface area contributed by atoms with Crippen molar-refractivity contribution in [1.82, 2.24) is 5.32 Å². The molecule has 0 aromatic carbocycles. The molecule has 0 radical (unpaired) electrons. The van der Waals surface area contributed by atoms with Gasteiger partial charge < -0.3 is 5.32 Å². The first-order valence-corrected chi connectivity index (χ1v) is 11.6. The molecule has 0 saturated heterocycles. The Balaban J connectivity index is -0.000000199. The summed E-state index contributed by atoms with van der Waals surface area (Å²) in [5.74, 6) is 0.679. The van der Waals surface area contributed by atoms with Crippen LogP contribution in [0.4, 0.5) is 0 Å². The van der Waals surface area contributed by atoms with E-state index >= 15 is 0 Å². The van der Waals surface area contributed by atoms with Gasteiger partial charge >= 0.3 is 0 Å². The molecular formula is C29H53N. The van der Waals surface area contributed by atoms with Crippen LogP contribution in [-0.4, -0.2) is 7.05 Å². The molecule has 1 nitrogen and oxygen atoms in total. The summed E-state index contributed by atoms with van der Waals surface area (Å²) in [4.78, 5) is 0. The summed E-state index contributed by atoms with van der Waals surface area (Å²) >= 11 is 0. The second kappa shape index (κ2) is 27.0. The van der Waals surface area contributed by atoms with Crippen LogP contribution < -0.4 is 5.32 Å². The zero-order valence-electron chi connectivity index (χ0n) is 22.4. The summed E-state index contributed by atoms with van der Waals surface area (Å²) in [6.45, 7) is 30.6. The first-order valence-electron chi connectivity index (χ1n) is 11.6. The van der Waals surface area contributed by atoms with E-state index in [1.165, 1.54) is 28.8 Å². The highest BCUT2D eigenvalue weighted by Crippen LogP contribution is 2.14. The predicted octanol–water partition coefficient (Wildman–Crippen LogP) is 9.74. The minimum absolute atomic E-state index is 0.679. The lowest BCUT2D eigenvalue weighted by atomic mass is 10.0. The molecule has 0 saturated carbocycles. The molecule has 0 bridgehead atoms. The fourth-order valence-electron chi connectivity index (χ4n) is 2.01. The van der Waals surface area contributed by atoms with Gasteiger partial charge in [-0.05, 0) is 57.3 Å². The van der Waals surface area contributed by atoms with E-state index in [1.807, 2.05) is 60.7 Å². The van der Waals surface area contributed by atoms with Crippen LogP contribution in [0, 0.1) is 5.92 Å². The maximum atomic E-state index is 4.02. The molecule has 174 valence electrons. The third-order valence-corrected chi connectivity index (χ3v) is 4.24. The summed E-state index contributed by atoms with van der Waals surface area (Å²) in [7, 11) is 1.94. The Morgan fingerprint density at radius 1 is 0.967 bits per heavy atom. The number of hydrogen-bond donors (Lipinski definition) is 1. The molecule has 30 heavy (non-hydrogen) atoms. The maximum absolute atomic E-state index is 4.02. The maximum Gasteiger partial charge on any atom is 0.0291 e. The summed E-state index contributed by atoms with van der Waals surface area (Å²) in [5.41, 5.74) is 6.02. The molecule has 0 aliphatic heterocycles. The molecule has 1 unspecified atom stereocenters. The molecule has 0 aromatic heterocycles. The number of rotatable bonds is 9. The molecule has 0 aliphatic carbocycles. The van der Waals surface area contributed by atoms with Crippen molar-refractivity contribution in [2.24, 2.45) is 5.92 Å². The predicted molar refractivity (Wildman–Crippen MR) is 145 cm³/mol. The van der Waals surface area contributed by atoms with E-state index in [4.69, 9.17) is 0 Å². The fraction of sp³-hybridized carbons (Fsp3) is 0.517. The van der Waals surface area contributed by atoms with Gasteiger partial charge in [-0.15, -0.1) is 0 Å². The first kappa shape index (κ1) is 35.4. The Bertz CT molecular complexity index is 565. The average molecular weight is 416 g/mol. The molecule has 1 atom stereocenters. The lowest BCUT2D eigenvalue weighted by molar-refractivity contribution is 0.697. The molecule has 0 aromatic rings. The summed E-state index contributed by atoms with van der Waals surface area (Å²) in [6, 6.07) is 0. The Kier molecular flexibility index (Phi) is 31.9. The third kappa shape index (κ3) is 22.3. The van der Waals surface area contributed by atoms with Crippen LogP contribution in [-0.2, 0) is 0 Å². The summed E-state index contributed by atoms with van der Waals surface area (Å²) in [6.07, 6.45) is 16.8. The fourth-order valence-corrected chi connectivity index (χ4v) is 2.01. The Hall–Kier alpha value is -2.02. The lowest BCUT2D eigenvalue weighted by Crippen LogP contribution is -2.02. The lowest BCUT2D eigenvalue weighted by Gasteiger charge is -2.03. The Morgan fingerprint density at radius 3 is 1.83 bits per heavy atom. The summed E-state index contributed by atoms with van der Waals surface area (Å²) in [5, 5.41) is 3.11. The third-order valence-electron chi connectivity index (χ3n) is 4.24. The van der Waals surface area contributed by atoms with E-state index in [1.54, 1.807) is 0 Å². The van der Waals surface area contributed by atoms with Gasteiger partial charge in [0.1, 0.15) is 0 Å². The first-order chi connectivity index (χ1) is 14.3. The second-order valence-electron chi connectivity index (χ2n) is 6.40. The standard InChI is InChI=1S/C15H22.C10H19N.2C2H6/c1-7-13(5)14(6)10-12(4)11-15(8-2)9-3;1-5-9(3)7-8-10(6-2)11-4;2*1-2/h8-11H,2,5,7H2,1,3-4,6H3;6-9,11H,5H2,1-4H3;2*1-2H3/b12-11+,14-10-,15-9-;8-7-,10-6+;;. The molecule has 0 spiro atoms. The van der Waals surface area contributed by atoms with Crippen molar-refractivity contribution in [3.63, 3.8) is 0 Å². The second-order valence-corrected chi connectivity index (χ2v) is 6.40. The average Bonchev–Trinajstić information content (AvgIpc) is 2.80. The van der Waals surface area contributed by atoms with Crippen molar-refractivity contribution >= 4 is 0 Å². The zero-order valence-corrected chi connectivity index (χ0v) is 22.4. The summed E-state index contributed by atoms with van der Waals surface area (Å²) < 4.78 is 0. The van der Waals surface area contributed by atoms with Crippen LogP contribution in [0.2, 0.25) is 0 Å². The molecule has 0 rings (SSSR count). The SMILES string of the molecule is C/C=C(\C=C/C(C)CC)NC.C=CC(=C/C)/C=C(C)/C=C(/C)C(=C)CC.CC.CC. The van der Waals surface area contributed by atoms with Crippen molar-refractivity contribution in [3.8, 4) is 0 Å². The molecule has 1 heteroatoms. The monoisotopic (exact) mass is 415 g/mol. The van der Waals surface area contributed by atoms with Crippen LogP contribution in [0.3, 0.4) is 0 Å². The highest BCUT2D eigenvalue weighted by Gasteiger charge is 1.94. The van der Waals surface area contributed by atoms with E-state index < -0.39 is 0 Å². The van der Waals surface area contributed by atoms with Gasteiger partial charge in [0.05, 0.1) is 0 Å². The minimum atomic E-state index is 0.679. The van der Waals surface area contributed by atoms with Gasteiger partial charge in [0.15, 0.2) is 0 Å². The van der Waals surface area contributed by atoms with Gasteiger partial charge in [0.2, 0.25) is 0 Å². The molecule has 0 fully saturated rings. The van der Waals surface area contributed by atoms with Crippen molar-refractivity contribution in [1.29, 1.82) is 0 Å². The highest BCUT2D eigenvalue weighted by atomic mass is 14.8. The number of likely N-dealkylation sites (N-methyl/N-ethyl adjacent to an activating group) is 1. The van der Waals surface area contributed by atoms with Gasteiger partial charge in [-0.2, -0.15) is 0 Å². The van der Waals surface area contributed by atoms with Crippen molar-refractivity contribution in [2.75, 3.05) is 7.05 Å². The van der Waals surface area contributed by atoms with Gasteiger partial charge in [-0.3, -0.25) is 0 Å².